The molecule has 0 aliphatic rings. The molecule has 0 saturated carbocycles. The summed E-state index contributed by atoms with van der Waals surface area (Å²) in [6, 6.07) is 7.98. The Morgan fingerprint density at radius 3 is 2.40 bits per heavy atom. The second-order valence-electron chi connectivity index (χ2n) is 3.69. The van der Waals surface area contributed by atoms with E-state index in [9.17, 15) is 0 Å². The number of halogens is 1. The van der Waals surface area contributed by atoms with E-state index in [0.29, 0.717) is 5.88 Å². The monoisotopic (exact) mass is 226 g/mol. The first-order chi connectivity index (χ1) is 7.36. The molecule has 0 bridgehead atoms. The van der Waals surface area contributed by atoms with Crippen molar-refractivity contribution in [1.29, 1.82) is 0 Å². The van der Waals surface area contributed by atoms with Gasteiger partial charge in [0.15, 0.2) is 0 Å². The van der Waals surface area contributed by atoms with E-state index in [1.54, 1.807) is 0 Å². The Morgan fingerprint density at radius 1 is 1.07 bits per heavy atom. The summed E-state index contributed by atoms with van der Waals surface area (Å²) in [5, 5.41) is 0. The standard InChI is InChI=1S/C13H19ClO/c1-2-3-4-5-10-15-13-8-6-12(11-14)7-9-13/h6-9H,2-5,10-11H2,1H3. The summed E-state index contributed by atoms with van der Waals surface area (Å²) in [6.45, 7) is 3.03. The van der Waals surface area contributed by atoms with Gasteiger partial charge >= 0.3 is 0 Å². The number of hydrogen-bond acceptors (Lipinski definition) is 1. The lowest BCUT2D eigenvalue weighted by Crippen LogP contribution is -1.97. The first-order valence-electron chi connectivity index (χ1n) is 5.64. The van der Waals surface area contributed by atoms with Crippen LogP contribution >= 0.6 is 11.6 Å². The molecule has 1 aromatic rings. The third-order valence-electron chi connectivity index (χ3n) is 2.34. The zero-order chi connectivity index (χ0) is 10.9. The number of rotatable bonds is 7. The van der Waals surface area contributed by atoms with Gasteiger partial charge in [-0.25, -0.2) is 0 Å². The highest BCUT2D eigenvalue weighted by Crippen LogP contribution is 2.14. The minimum atomic E-state index is 0.566. The predicted molar refractivity (Wildman–Crippen MR) is 65.6 cm³/mol. The highest BCUT2D eigenvalue weighted by atomic mass is 35.5. The van der Waals surface area contributed by atoms with E-state index in [-0.39, 0.29) is 0 Å². The first kappa shape index (κ1) is 12.4. The Labute approximate surface area is 97.4 Å². The van der Waals surface area contributed by atoms with Crippen LogP contribution in [0, 0.1) is 0 Å². The quantitative estimate of drug-likeness (QED) is 0.495. The van der Waals surface area contributed by atoms with Crippen LogP contribution in [0.4, 0.5) is 0 Å². The molecule has 2 heteroatoms. The smallest absolute Gasteiger partial charge is 0.119 e. The zero-order valence-electron chi connectivity index (χ0n) is 9.34. The summed E-state index contributed by atoms with van der Waals surface area (Å²) >= 11 is 5.70. The van der Waals surface area contributed by atoms with Crippen LogP contribution in [-0.4, -0.2) is 6.61 Å². The van der Waals surface area contributed by atoms with Crippen molar-refractivity contribution in [2.45, 2.75) is 38.5 Å². The molecule has 0 spiro atoms. The maximum absolute atomic E-state index is 5.70. The van der Waals surface area contributed by atoms with E-state index >= 15 is 0 Å². The van der Waals surface area contributed by atoms with E-state index in [1.807, 2.05) is 24.3 Å². The van der Waals surface area contributed by atoms with E-state index < -0.39 is 0 Å². The van der Waals surface area contributed by atoms with Crippen molar-refractivity contribution in [3.63, 3.8) is 0 Å². The molecule has 1 aromatic carbocycles. The number of alkyl halides is 1. The van der Waals surface area contributed by atoms with Crippen molar-refractivity contribution in [3.05, 3.63) is 29.8 Å². The molecule has 0 aromatic heterocycles. The second kappa shape index (κ2) is 7.58. The van der Waals surface area contributed by atoms with E-state index in [1.165, 1.54) is 19.3 Å². The molecule has 0 unspecified atom stereocenters. The predicted octanol–water partition coefficient (Wildman–Crippen LogP) is 4.38. The molecule has 0 saturated heterocycles. The summed E-state index contributed by atoms with van der Waals surface area (Å²) in [5.41, 5.74) is 1.13. The van der Waals surface area contributed by atoms with Gasteiger partial charge in [0.2, 0.25) is 0 Å². The van der Waals surface area contributed by atoms with Crippen LogP contribution in [0.15, 0.2) is 24.3 Å². The summed E-state index contributed by atoms with van der Waals surface area (Å²) in [5.74, 6) is 1.51. The van der Waals surface area contributed by atoms with Crippen molar-refractivity contribution in [1.82, 2.24) is 0 Å². The molecule has 0 heterocycles. The van der Waals surface area contributed by atoms with Crippen molar-refractivity contribution in [3.8, 4) is 5.75 Å². The van der Waals surface area contributed by atoms with Gasteiger partial charge in [-0.05, 0) is 24.1 Å². The van der Waals surface area contributed by atoms with Gasteiger partial charge in [0.25, 0.3) is 0 Å². The normalized spacial score (nSPS) is 10.3. The molecule has 0 fully saturated rings. The molecule has 0 aliphatic heterocycles. The van der Waals surface area contributed by atoms with Gasteiger partial charge in [0.1, 0.15) is 5.75 Å². The van der Waals surface area contributed by atoms with Crippen LogP contribution < -0.4 is 4.74 Å². The fraction of sp³-hybridized carbons (Fsp3) is 0.538. The molecule has 0 N–H and O–H groups in total. The molecule has 0 atom stereocenters. The second-order valence-corrected chi connectivity index (χ2v) is 3.95. The summed E-state index contributed by atoms with van der Waals surface area (Å²) in [6.07, 6.45) is 4.97. The van der Waals surface area contributed by atoms with Gasteiger partial charge < -0.3 is 4.74 Å². The van der Waals surface area contributed by atoms with Gasteiger partial charge in [-0.2, -0.15) is 0 Å². The van der Waals surface area contributed by atoms with Crippen LogP contribution in [0.5, 0.6) is 5.75 Å². The summed E-state index contributed by atoms with van der Waals surface area (Å²) in [4.78, 5) is 0. The third kappa shape index (κ3) is 5.08. The minimum Gasteiger partial charge on any atom is -0.494 e. The number of benzene rings is 1. The van der Waals surface area contributed by atoms with Crippen LogP contribution in [0.2, 0.25) is 0 Å². The van der Waals surface area contributed by atoms with E-state index in [4.69, 9.17) is 16.3 Å². The van der Waals surface area contributed by atoms with Crippen molar-refractivity contribution >= 4 is 11.6 Å². The molecule has 0 radical (unpaired) electrons. The van der Waals surface area contributed by atoms with Crippen LogP contribution in [-0.2, 0) is 5.88 Å². The highest BCUT2D eigenvalue weighted by Gasteiger charge is 1.94. The Kier molecular flexibility index (Phi) is 6.26. The van der Waals surface area contributed by atoms with Crippen LogP contribution in [0.1, 0.15) is 38.2 Å². The van der Waals surface area contributed by atoms with Gasteiger partial charge in [-0.3, -0.25) is 0 Å². The fourth-order valence-corrected chi connectivity index (χ4v) is 1.57. The minimum absolute atomic E-state index is 0.566. The van der Waals surface area contributed by atoms with Crippen molar-refractivity contribution in [2.24, 2.45) is 0 Å². The third-order valence-corrected chi connectivity index (χ3v) is 2.65. The van der Waals surface area contributed by atoms with Crippen molar-refractivity contribution in [2.75, 3.05) is 6.61 Å². The van der Waals surface area contributed by atoms with Gasteiger partial charge in [-0.15, -0.1) is 11.6 Å². The zero-order valence-corrected chi connectivity index (χ0v) is 10.1. The fourth-order valence-electron chi connectivity index (χ4n) is 1.39. The summed E-state index contributed by atoms with van der Waals surface area (Å²) in [7, 11) is 0. The molecule has 0 aliphatic carbocycles. The molecule has 15 heavy (non-hydrogen) atoms. The average molecular weight is 227 g/mol. The lowest BCUT2D eigenvalue weighted by Gasteiger charge is -2.06. The lowest BCUT2D eigenvalue weighted by atomic mass is 10.2. The van der Waals surface area contributed by atoms with E-state index in [2.05, 4.69) is 6.92 Å². The molecule has 84 valence electrons. The number of unbranched alkanes of at least 4 members (excludes halogenated alkanes) is 3. The summed E-state index contributed by atoms with van der Waals surface area (Å²) < 4.78 is 5.61. The number of hydrogen-bond donors (Lipinski definition) is 0. The largest absolute Gasteiger partial charge is 0.494 e. The Balaban J connectivity index is 2.20. The van der Waals surface area contributed by atoms with Crippen LogP contribution in [0.25, 0.3) is 0 Å². The highest BCUT2D eigenvalue weighted by molar-refractivity contribution is 6.17. The van der Waals surface area contributed by atoms with Crippen LogP contribution in [0.3, 0.4) is 0 Å². The molecule has 0 amide bonds. The lowest BCUT2D eigenvalue weighted by molar-refractivity contribution is 0.305. The first-order valence-corrected chi connectivity index (χ1v) is 6.18. The SMILES string of the molecule is CCCCCCOc1ccc(CCl)cc1. The molecular weight excluding hydrogens is 208 g/mol. The maximum atomic E-state index is 5.70. The Bertz CT molecular complexity index is 256. The Morgan fingerprint density at radius 2 is 1.80 bits per heavy atom. The Hall–Kier alpha value is -0.690. The number of ether oxygens (including phenoxy) is 1. The van der Waals surface area contributed by atoms with Crippen molar-refractivity contribution < 1.29 is 4.74 Å². The average Bonchev–Trinajstić information content (AvgIpc) is 2.30. The van der Waals surface area contributed by atoms with Gasteiger partial charge in [-0.1, -0.05) is 38.3 Å². The van der Waals surface area contributed by atoms with Gasteiger partial charge in [0, 0.05) is 5.88 Å². The topological polar surface area (TPSA) is 9.23 Å². The molecule has 1 nitrogen and oxygen atoms in total. The van der Waals surface area contributed by atoms with Gasteiger partial charge in [0.05, 0.1) is 6.61 Å². The maximum Gasteiger partial charge on any atom is 0.119 e. The van der Waals surface area contributed by atoms with E-state index in [0.717, 1.165) is 24.3 Å². The molecule has 1 rings (SSSR count). The molecular formula is C13H19ClO.